The molecule has 1 fully saturated rings. The van der Waals surface area contributed by atoms with Crippen LogP contribution in [0.2, 0.25) is 0 Å². The van der Waals surface area contributed by atoms with Crippen molar-refractivity contribution in [1.29, 1.82) is 0 Å². The van der Waals surface area contributed by atoms with Crippen molar-refractivity contribution in [2.75, 3.05) is 31.1 Å². The third-order valence-electron chi connectivity index (χ3n) is 4.04. The standard InChI is InChI=1S/C16H20N4O3/c1-12-13(18-11-23-12)10-17-16(22)20-8-6-19(7-9-20)14-4-2-3-5-15(14)21/h2-5,11,21H,6-10H2,1H3,(H,17,22). The first-order chi connectivity index (χ1) is 11.1. The molecule has 1 aliphatic rings. The number of piperazine rings is 1. The van der Waals surface area contributed by atoms with Crippen molar-refractivity contribution in [1.82, 2.24) is 15.2 Å². The Bertz CT molecular complexity index is 677. The average Bonchev–Trinajstić information content (AvgIpc) is 2.98. The van der Waals surface area contributed by atoms with E-state index in [1.807, 2.05) is 19.1 Å². The van der Waals surface area contributed by atoms with E-state index < -0.39 is 0 Å². The maximum Gasteiger partial charge on any atom is 0.317 e. The summed E-state index contributed by atoms with van der Waals surface area (Å²) in [6.07, 6.45) is 1.38. The molecule has 2 amide bonds. The fourth-order valence-corrected chi connectivity index (χ4v) is 2.65. The van der Waals surface area contributed by atoms with E-state index in [4.69, 9.17) is 4.42 Å². The number of benzene rings is 1. The van der Waals surface area contributed by atoms with Crippen molar-refractivity contribution >= 4 is 11.7 Å². The van der Waals surface area contributed by atoms with Gasteiger partial charge in [-0.2, -0.15) is 0 Å². The normalized spacial score (nSPS) is 14.8. The second-order valence-corrected chi connectivity index (χ2v) is 5.48. The molecule has 3 rings (SSSR count). The van der Waals surface area contributed by atoms with E-state index in [0.717, 1.165) is 17.1 Å². The molecule has 1 aromatic carbocycles. The van der Waals surface area contributed by atoms with Crippen LogP contribution in [-0.4, -0.2) is 47.2 Å². The number of rotatable bonds is 3. The van der Waals surface area contributed by atoms with Gasteiger partial charge in [-0.05, 0) is 19.1 Å². The molecule has 0 saturated carbocycles. The van der Waals surface area contributed by atoms with E-state index in [0.29, 0.717) is 32.7 Å². The van der Waals surface area contributed by atoms with Crippen LogP contribution in [0.4, 0.5) is 10.5 Å². The number of oxazole rings is 1. The molecule has 1 saturated heterocycles. The van der Waals surface area contributed by atoms with Crippen molar-refractivity contribution in [3.63, 3.8) is 0 Å². The Morgan fingerprint density at radius 3 is 2.70 bits per heavy atom. The molecule has 0 atom stereocenters. The van der Waals surface area contributed by atoms with Crippen molar-refractivity contribution in [2.45, 2.75) is 13.5 Å². The van der Waals surface area contributed by atoms with E-state index in [2.05, 4.69) is 15.2 Å². The third-order valence-corrected chi connectivity index (χ3v) is 4.04. The van der Waals surface area contributed by atoms with Gasteiger partial charge in [0.15, 0.2) is 6.39 Å². The average molecular weight is 316 g/mol. The van der Waals surface area contributed by atoms with Crippen LogP contribution in [0.1, 0.15) is 11.5 Å². The third kappa shape index (κ3) is 3.39. The van der Waals surface area contributed by atoms with E-state index in [-0.39, 0.29) is 11.8 Å². The number of nitrogens with one attached hydrogen (secondary N) is 1. The number of aromatic nitrogens is 1. The fourth-order valence-electron chi connectivity index (χ4n) is 2.65. The predicted octanol–water partition coefficient (Wildman–Crippen LogP) is 1.72. The number of urea groups is 1. The predicted molar refractivity (Wildman–Crippen MR) is 85.4 cm³/mol. The quantitative estimate of drug-likeness (QED) is 0.901. The lowest BCUT2D eigenvalue weighted by Crippen LogP contribution is -2.51. The fraction of sp³-hybridized carbons (Fsp3) is 0.375. The highest BCUT2D eigenvalue weighted by atomic mass is 16.3. The van der Waals surface area contributed by atoms with Gasteiger partial charge in [-0.25, -0.2) is 9.78 Å². The Hall–Kier alpha value is -2.70. The lowest BCUT2D eigenvalue weighted by Gasteiger charge is -2.36. The van der Waals surface area contributed by atoms with E-state index in [9.17, 15) is 9.90 Å². The number of aryl methyl sites for hydroxylation is 1. The molecule has 122 valence electrons. The number of phenolic OH excluding ortho intramolecular Hbond substituents is 1. The van der Waals surface area contributed by atoms with Gasteiger partial charge in [0.05, 0.1) is 12.2 Å². The van der Waals surface area contributed by atoms with Crippen molar-refractivity contribution in [3.05, 3.63) is 42.1 Å². The number of anilines is 1. The van der Waals surface area contributed by atoms with Gasteiger partial charge in [0, 0.05) is 26.2 Å². The first-order valence-corrected chi connectivity index (χ1v) is 7.60. The summed E-state index contributed by atoms with van der Waals surface area (Å²) in [4.78, 5) is 20.1. The zero-order valence-electron chi connectivity index (χ0n) is 13.0. The summed E-state index contributed by atoms with van der Waals surface area (Å²) in [5.74, 6) is 0.988. The molecule has 2 aromatic rings. The molecular formula is C16H20N4O3. The number of hydrogen-bond donors (Lipinski definition) is 2. The van der Waals surface area contributed by atoms with Crippen LogP contribution < -0.4 is 10.2 Å². The molecule has 7 heteroatoms. The first-order valence-electron chi connectivity index (χ1n) is 7.60. The van der Waals surface area contributed by atoms with Gasteiger partial charge in [0.25, 0.3) is 0 Å². The minimum atomic E-state index is -0.107. The highest BCUT2D eigenvalue weighted by molar-refractivity contribution is 5.74. The SMILES string of the molecule is Cc1ocnc1CNC(=O)N1CCN(c2ccccc2O)CC1. The van der Waals surface area contributed by atoms with Crippen LogP contribution >= 0.6 is 0 Å². The molecule has 0 aliphatic carbocycles. The Morgan fingerprint density at radius 2 is 2.04 bits per heavy atom. The summed E-state index contributed by atoms with van der Waals surface area (Å²) < 4.78 is 5.11. The molecule has 2 N–H and O–H groups in total. The zero-order valence-corrected chi connectivity index (χ0v) is 13.0. The minimum absolute atomic E-state index is 0.107. The topological polar surface area (TPSA) is 81.8 Å². The Morgan fingerprint density at radius 1 is 1.30 bits per heavy atom. The van der Waals surface area contributed by atoms with Gasteiger partial charge >= 0.3 is 6.03 Å². The summed E-state index contributed by atoms with van der Waals surface area (Å²) >= 11 is 0. The number of carbonyl (C=O) groups excluding carboxylic acids is 1. The molecule has 0 spiro atoms. The number of carbonyl (C=O) groups is 1. The second kappa shape index (κ2) is 6.60. The summed E-state index contributed by atoms with van der Waals surface area (Å²) in [6.45, 7) is 4.78. The van der Waals surface area contributed by atoms with Crippen LogP contribution in [0.3, 0.4) is 0 Å². The van der Waals surface area contributed by atoms with Crippen LogP contribution in [0.15, 0.2) is 35.1 Å². The molecule has 0 radical (unpaired) electrons. The lowest BCUT2D eigenvalue weighted by atomic mass is 10.2. The minimum Gasteiger partial charge on any atom is -0.506 e. The summed E-state index contributed by atoms with van der Waals surface area (Å²) in [6, 6.07) is 7.15. The Balaban J connectivity index is 1.51. The van der Waals surface area contributed by atoms with Gasteiger partial charge in [-0.1, -0.05) is 12.1 Å². The highest BCUT2D eigenvalue weighted by Crippen LogP contribution is 2.27. The summed E-state index contributed by atoms with van der Waals surface area (Å²) in [5.41, 5.74) is 1.55. The largest absolute Gasteiger partial charge is 0.506 e. The van der Waals surface area contributed by atoms with Crippen LogP contribution in [0, 0.1) is 6.92 Å². The second-order valence-electron chi connectivity index (χ2n) is 5.48. The maximum atomic E-state index is 12.2. The smallest absolute Gasteiger partial charge is 0.317 e. The maximum absolute atomic E-state index is 12.2. The van der Waals surface area contributed by atoms with Crippen molar-refractivity contribution in [2.24, 2.45) is 0 Å². The Kier molecular flexibility index (Phi) is 4.36. The first kappa shape index (κ1) is 15.2. The van der Waals surface area contributed by atoms with Crippen LogP contribution in [-0.2, 0) is 6.54 Å². The molecule has 1 aliphatic heterocycles. The van der Waals surface area contributed by atoms with Gasteiger partial charge in [-0.3, -0.25) is 0 Å². The summed E-state index contributed by atoms with van der Waals surface area (Å²) in [7, 11) is 0. The van der Waals surface area contributed by atoms with Gasteiger partial charge in [0.2, 0.25) is 0 Å². The number of hydrogen-bond acceptors (Lipinski definition) is 5. The molecule has 2 heterocycles. The highest BCUT2D eigenvalue weighted by Gasteiger charge is 2.22. The monoisotopic (exact) mass is 316 g/mol. The summed E-state index contributed by atoms with van der Waals surface area (Å²) in [5, 5.41) is 12.8. The number of para-hydroxylation sites is 2. The number of aromatic hydroxyl groups is 1. The number of nitrogens with zero attached hydrogens (tertiary/aromatic N) is 3. The van der Waals surface area contributed by atoms with E-state index >= 15 is 0 Å². The lowest BCUT2D eigenvalue weighted by molar-refractivity contribution is 0.193. The number of phenols is 1. The van der Waals surface area contributed by atoms with Crippen molar-refractivity contribution < 1.29 is 14.3 Å². The van der Waals surface area contributed by atoms with E-state index in [1.54, 1.807) is 17.0 Å². The van der Waals surface area contributed by atoms with Crippen LogP contribution in [0.5, 0.6) is 5.75 Å². The van der Waals surface area contributed by atoms with Gasteiger partial charge in [-0.15, -0.1) is 0 Å². The number of amides is 2. The molecule has 1 aromatic heterocycles. The van der Waals surface area contributed by atoms with Crippen molar-refractivity contribution in [3.8, 4) is 5.75 Å². The molecular weight excluding hydrogens is 296 g/mol. The van der Waals surface area contributed by atoms with Crippen LogP contribution in [0.25, 0.3) is 0 Å². The van der Waals surface area contributed by atoms with Gasteiger partial charge < -0.3 is 24.6 Å². The molecule has 0 bridgehead atoms. The van der Waals surface area contributed by atoms with E-state index in [1.165, 1.54) is 6.39 Å². The van der Waals surface area contributed by atoms with Gasteiger partial charge in [0.1, 0.15) is 17.2 Å². The molecule has 0 unspecified atom stereocenters. The molecule has 7 nitrogen and oxygen atoms in total. The molecule has 23 heavy (non-hydrogen) atoms. The zero-order chi connectivity index (χ0) is 16.2. The Labute approximate surface area is 134 Å².